The standard InChI is InChI=1S/C23H28FN3O3/c1-30-17-19-5-2-4-18(14-19)15-25-22(28)16-26-10-3-11-27(13-12-26)23(29)20-6-8-21(24)9-7-20/h2,4-9,14H,3,10-13,15-17H2,1H3,(H,25,28). The Bertz CT molecular complexity index is 857. The van der Waals surface area contributed by atoms with Gasteiger partial charge in [-0.25, -0.2) is 4.39 Å². The van der Waals surface area contributed by atoms with Crippen LogP contribution in [0.4, 0.5) is 4.39 Å². The normalized spacial score (nSPS) is 14.9. The monoisotopic (exact) mass is 413 g/mol. The van der Waals surface area contributed by atoms with Gasteiger partial charge < -0.3 is 15.0 Å². The summed E-state index contributed by atoms with van der Waals surface area (Å²) in [6, 6.07) is 13.6. The van der Waals surface area contributed by atoms with Crippen molar-refractivity contribution in [1.29, 1.82) is 0 Å². The number of ether oxygens (including phenoxy) is 1. The van der Waals surface area contributed by atoms with E-state index >= 15 is 0 Å². The van der Waals surface area contributed by atoms with Gasteiger partial charge in [-0.1, -0.05) is 24.3 Å². The molecular formula is C23H28FN3O3. The Hall–Kier alpha value is -2.77. The SMILES string of the molecule is COCc1cccc(CNC(=O)CN2CCCN(C(=O)c3ccc(F)cc3)CC2)c1. The largest absolute Gasteiger partial charge is 0.380 e. The van der Waals surface area contributed by atoms with Crippen molar-refractivity contribution in [2.45, 2.75) is 19.6 Å². The van der Waals surface area contributed by atoms with Crippen molar-refractivity contribution < 1.29 is 18.7 Å². The van der Waals surface area contributed by atoms with Gasteiger partial charge in [0, 0.05) is 45.4 Å². The molecule has 0 unspecified atom stereocenters. The molecule has 0 aromatic heterocycles. The van der Waals surface area contributed by atoms with E-state index in [0.717, 1.165) is 24.1 Å². The summed E-state index contributed by atoms with van der Waals surface area (Å²) in [5.41, 5.74) is 2.59. The molecule has 7 heteroatoms. The molecular weight excluding hydrogens is 385 g/mol. The lowest BCUT2D eigenvalue weighted by atomic mass is 10.1. The lowest BCUT2D eigenvalue weighted by Crippen LogP contribution is -2.39. The van der Waals surface area contributed by atoms with E-state index in [2.05, 4.69) is 10.2 Å². The minimum absolute atomic E-state index is 0.0366. The Kier molecular flexibility index (Phi) is 7.93. The van der Waals surface area contributed by atoms with Crippen LogP contribution in [0.1, 0.15) is 27.9 Å². The van der Waals surface area contributed by atoms with Crippen LogP contribution in [-0.2, 0) is 22.7 Å². The minimum atomic E-state index is -0.356. The fourth-order valence-electron chi connectivity index (χ4n) is 3.56. The summed E-state index contributed by atoms with van der Waals surface area (Å²) >= 11 is 0. The van der Waals surface area contributed by atoms with E-state index in [-0.39, 0.29) is 17.6 Å². The predicted molar refractivity (Wildman–Crippen MR) is 112 cm³/mol. The molecule has 6 nitrogen and oxygen atoms in total. The predicted octanol–water partition coefficient (Wildman–Crippen LogP) is 2.44. The summed E-state index contributed by atoms with van der Waals surface area (Å²) in [5.74, 6) is -0.493. The molecule has 0 radical (unpaired) electrons. The zero-order valence-corrected chi connectivity index (χ0v) is 17.3. The van der Waals surface area contributed by atoms with Crippen molar-refractivity contribution in [3.05, 3.63) is 71.0 Å². The highest BCUT2D eigenvalue weighted by atomic mass is 19.1. The van der Waals surface area contributed by atoms with Crippen LogP contribution in [0, 0.1) is 5.82 Å². The van der Waals surface area contributed by atoms with E-state index in [1.54, 1.807) is 12.0 Å². The number of carbonyl (C=O) groups excluding carboxylic acids is 2. The molecule has 1 aliphatic heterocycles. The van der Waals surface area contributed by atoms with Crippen LogP contribution in [0.25, 0.3) is 0 Å². The highest BCUT2D eigenvalue weighted by Crippen LogP contribution is 2.11. The molecule has 2 aromatic carbocycles. The Labute approximate surface area is 176 Å². The number of methoxy groups -OCH3 is 1. The number of nitrogens with zero attached hydrogens (tertiary/aromatic N) is 2. The third-order valence-corrected chi connectivity index (χ3v) is 5.13. The summed E-state index contributed by atoms with van der Waals surface area (Å²) in [6.07, 6.45) is 0.791. The Morgan fingerprint density at radius 1 is 1.03 bits per heavy atom. The zero-order chi connectivity index (χ0) is 21.3. The van der Waals surface area contributed by atoms with Gasteiger partial charge in [0.2, 0.25) is 5.91 Å². The summed E-state index contributed by atoms with van der Waals surface area (Å²) in [6.45, 7) is 3.87. The number of hydrogen-bond donors (Lipinski definition) is 1. The van der Waals surface area contributed by atoms with Gasteiger partial charge in [0.15, 0.2) is 0 Å². The molecule has 1 N–H and O–H groups in total. The molecule has 0 bridgehead atoms. The van der Waals surface area contributed by atoms with Crippen LogP contribution in [0.15, 0.2) is 48.5 Å². The smallest absolute Gasteiger partial charge is 0.253 e. The number of rotatable bonds is 7. The molecule has 30 heavy (non-hydrogen) atoms. The van der Waals surface area contributed by atoms with Gasteiger partial charge in [0.1, 0.15) is 5.82 Å². The Morgan fingerprint density at radius 2 is 1.80 bits per heavy atom. The maximum atomic E-state index is 13.1. The van der Waals surface area contributed by atoms with Crippen molar-refractivity contribution in [3.63, 3.8) is 0 Å². The average molecular weight is 413 g/mol. The topological polar surface area (TPSA) is 61.9 Å². The first kappa shape index (κ1) is 21.9. The maximum absolute atomic E-state index is 13.1. The second kappa shape index (κ2) is 10.8. The summed E-state index contributed by atoms with van der Waals surface area (Å²) in [4.78, 5) is 28.8. The van der Waals surface area contributed by atoms with Crippen LogP contribution in [0.2, 0.25) is 0 Å². The van der Waals surface area contributed by atoms with E-state index in [4.69, 9.17) is 4.74 Å². The molecule has 0 spiro atoms. The highest BCUT2D eigenvalue weighted by Gasteiger charge is 2.21. The molecule has 0 aliphatic carbocycles. The van der Waals surface area contributed by atoms with Gasteiger partial charge in [0.05, 0.1) is 13.2 Å². The van der Waals surface area contributed by atoms with E-state index < -0.39 is 0 Å². The first-order valence-corrected chi connectivity index (χ1v) is 10.2. The van der Waals surface area contributed by atoms with Crippen LogP contribution in [0.5, 0.6) is 0 Å². The van der Waals surface area contributed by atoms with Crippen LogP contribution >= 0.6 is 0 Å². The second-order valence-electron chi connectivity index (χ2n) is 7.46. The highest BCUT2D eigenvalue weighted by molar-refractivity contribution is 5.94. The van der Waals surface area contributed by atoms with Crippen LogP contribution < -0.4 is 5.32 Å². The van der Waals surface area contributed by atoms with Gasteiger partial charge in [0.25, 0.3) is 5.91 Å². The minimum Gasteiger partial charge on any atom is -0.380 e. The number of carbonyl (C=O) groups is 2. The zero-order valence-electron chi connectivity index (χ0n) is 17.3. The first-order chi connectivity index (χ1) is 14.5. The molecule has 3 rings (SSSR count). The van der Waals surface area contributed by atoms with Gasteiger partial charge >= 0.3 is 0 Å². The van der Waals surface area contributed by atoms with E-state index in [0.29, 0.717) is 44.9 Å². The van der Waals surface area contributed by atoms with Crippen molar-refractivity contribution in [2.24, 2.45) is 0 Å². The lowest BCUT2D eigenvalue weighted by molar-refractivity contribution is -0.122. The maximum Gasteiger partial charge on any atom is 0.253 e. The molecule has 2 amide bonds. The first-order valence-electron chi connectivity index (χ1n) is 10.2. The fourth-order valence-corrected chi connectivity index (χ4v) is 3.56. The quantitative estimate of drug-likeness (QED) is 0.758. The summed E-state index contributed by atoms with van der Waals surface area (Å²) in [7, 11) is 1.66. The number of amides is 2. The Balaban J connectivity index is 1.46. The third-order valence-electron chi connectivity index (χ3n) is 5.13. The third kappa shape index (κ3) is 6.37. The van der Waals surface area contributed by atoms with Gasteiger partial charge in [-0.2, -0.15) is 0 Å². The van der Waals surface area contributed by atoms with E-state index in [1.807, 2.05) is 24.3 Å². The molecule has 0 atom stereocenters. The molecule has 1 saturated heterocycles. The van der Waals surface area contributed by atoms with E-state index in [1.165, 1.54) is 24.3 Å². The van der Waals surface area contributed by atoms with Crippen molar-refractivity contribution in [3.8, 4) is 0 Å². The van der Waals surface area contributed by atoms with Crippen molar-refractivity contribution >= 4 is 11.8 Å². The molecule has 0 saturated carbocycles. The van der Waals surface area contributed by atoms with Gasteiger partial charge in [-0.3, -0.25) is 14.5 Å². The molecule has 2 aromatic rings. The van der Waals surface area contributed by atoms with E-state index in [9.17, 15) is 14.0 Å². The molecule has 160 valence electrons. The molecule has 1 heterocycles. The lowest BCUT2D eigenvalue weighted by Gasteiger charge is -2.22. The number of halogens is 1. The molecule has 1 fully saturated rings. The second-order valence-corrected chi connectivity index (χ2v) is 7.46. The van der Waals surface area contributed by atoms with Crippen LogP contribution in [0.3, 0.4) is 0 Å². The summed E-state index contributed by atoms with van der Waals surface area (Å²) in [5, 5.41) is 2.96. The number of nitrogens with one attached hydrogen (secondary N) is 1. The average Bonchev–Trinajstić information content (AvgIpc) is 2.98. The summed E-state index contributed by atoms with van der Waals surface area (Å²) < 4.78 is 18.2. The van der Waals surface area contributed by atoms with Crippen molar-refractivity contribution in [2.75, 3.05) is 39.8 Å². The van der Waals surface area contributed by atoms with Gasteiger partial charge in [-0.05, 0) is 41.8 Å². The number of benzene rings is 2. The fraction of sp³-hybridized carbons (Fsp3) is 0.391. The van der Waals surface area contributed by atoms with Crippen molar-refractivity contribution in [1.82, 2.24) is 15.1 Å². The van der Waals surface area contributed by atoms with Crippen LogP contribution in [-0.4, -0.2) is 61.4 Å². The number of hydrogen-bond acceptors (Lipinski definition) is 4. The molecule has 1 aliphatic rings. The Morgan fingerprint density at radius 3 is 2.57 bits per heavy atom. The van der Waals surface area contributed by atoms with Gasteiger partial charge in [-0.15, -0.1) is 0 Å².